The molecule has 1 saturated heterocycles. The molecule has 0 amide bonds. The van der Waals surface area contributed by atoms with Crippen molar-refractivity contribution in [2.24, 2.45) is 0 Å². The fourth-order valence-corrected chi connectivity index (χ4v) is 2.84. The lowest BCUT2D eigenvalue weighted by atomic mass is 10.0. The molecule has 1 heterocycles. The summed E-state index contributed by atoms with van der Waals surface area (Å²) in [5.41, 5.74) is 1.05. The number of hydrogen-bond donors (Lipinski definition) is 1. The Labute approximate surface area is 142 Å². The summed E-state index contributed by atoms with van der Waals surface area (Å²) in [6, 6.07) is 15.7. The van der Waals surface area contributed by atoms with Crippen LogP contribution in [0.1, 0.15) is 11.7 Å². The normalized spacial score (nSPS) is 18.7. The molecule has 5 heteroatoms. The molecule has 24 heavy (non-hydrogen) atoms. The van der Waals surface area contributed by atoms with Crippen LogP contribution in [0, 0.1) is 0 Å². The van der Waals surface area contributed by atoms with Gasteiger partial charge in [-0.15, -0.1) is 0 Å². The largest absolute Gasteiger partial charge is 0.493 e. The highest BCUT2D eigenvalue weighted by Crippen LogP contribution is 2.40. The second kappa shape index (κ2) is 8.04. The zero-order chi connectivity index (χ0) is 16.8. The molecule has 0 aromatic heterocycles. The maximum absolute atomic E-state index is 6.37. The number of benzene rings is 2. The molecule has 2 atom stereocenters. The Morgan fingerprint density at radius 3 is 2.29 bits per heavy atom. The molecule has 0 saturated carbocycles. The summed E-state index contributed by atoms with van der Waals surface area (Å²) in [5.74, 6) is 1.86. The fourth-order valence-electron chi connectivity index (χ4n) is 2.84. The van der Waals surface area contributed by atoms with Gasteiger partial charge in [-0.25, -0.2) is 0 Å². The average Bonchev–Trinajstić information content (AvgIpc) is 2.67. The SMILES string of the molecule is COc1cccc(OC)c1OC(c1ccccc1)C1CNCCO1. The topological polar surface area (TPSA) is 49.0 Å². The van der Waals surface area contributed by atoms with Crippen molar-refractivity contribution in [2.75, 3.05) is 33.9 Å². The Morgan fingerprint density at radius 1 is 1.00 bits per heavy atom. The van der Waals surface area contributed by atoms with Gasteiger partial charge in [0.2, 0.25) is 5.75 Å². The Hall–Kier alpha value is -2.24. The highest BCUT2D eigenvalue weighted by Gasteiger charge is 2.29. The number of nitrogens with one attached hydrogen (secondary N) is 1. The van der Waals surface area contributed by atoms with Crippen LogP contribution in [0.4, 0.5) is 0 Å². The van der Waals surface area contributed by atoms with E-state index >= 15 is 0 Å². The molecule has 5 nitrogen and oxygen atoms in total. The number of methoxy groups -OCH3 is 2. The predicted octanol–water partition coefficient (Wildman–Crippen LogP) is 2.81. The lowest BCUT2D eigenvalue weighted by molar-refractivity contribution is -0.0444. The van der Waals surface area contributed by atoms with Crippen molar-refractivity contribution in [3.05, 3.63) is 54.1 Å². The molecule has 0 bridgehead atoms. The van der Waals surface area contributed by atoms with Gasteiger partial charge in [0, 0.05) is 13.1 Å². The smallest absolute Gasteiger partial charge is 0.204 e. The predicted molar refractivity (Wildman–Crippen MR) is 92.0 cm³/mol. The number of hydrogen-bond acceptors (Lipinski definition) is 5. The number of rotatable bonds is 6. The minimum absolute atomic E-state index is 0.0873. The van der Waals surface area contributed by atoms with E-state index in [1.54, 1.807) is 14.2 Å². The van der Waals surface area contributed by atoms with Crippen molar-refractivity contribution in [3.63, 3.8) is 0 Å². The van der Waals surface area contributed by atoms with Crippen LogP contribution in [0.3, 0.4) is 0 Å². The molecule has 2 aromatic rings. The van der Waals surface area contributed by atoms with Gasteiger partial charge in [-0.3, -0.25) is 0 Å². The van der Waals surface area contributed by atoms with E-state index in [0.29, 0.717) is 23.9 Å². The van der Waals surface area contributed by atoms with E-state index in [0.717, 1.165) is 18.7 Å². The lowest BCUT2D eigenvalue weighted by Crippen LogP contribution is -2.43. The summed E-state index contributed by atoms with van der Waals surface area (Å²) >= 11 is 0. The second-order valence-corrected chi connectivity index (χ2v) is 5.55. The Balaban J connectivity index is 1.95. The monoisotopic (exact) mass is 329 g/mol. The third-order valence-electron chi connectivity index (χ3n) is 4.05. The number of morpholine rings is 1. The van der Waals surface area contributed by atoms with E-state index in [9.17, 15) is 0 Å². The van der Waals surface area contributed by atoms with E-state index in [4.69, 9.17) is 18.9 Å². The average molecular weight is 329 g/mol. The first-order valence-corrected chi connectivity index (χ1v) is 8.08. The molecule has 2 aromatic carbocycles. The number of para-hydroxylation sites is 1. The van der Waals surface area contributed by atoms with Crippen molar-refractivity contribution in [2.45, 2.75) is 12.2 Å². The van der Waals surface area contributed by atoms with Crippen LogP contribution in [0.25, 0.3) is 0 Å². The molecule has 128 valence electrons. The minimum Gasteiger partial charge on any atom is -0.493 e. The van der Waals surface area contributed by atoms with Crippen LogP contribution in [0.5, 0.6) is 17.2 Å². The van der Waals surface area contributed by atoms with Gasteiger partial charge in [-0.05, 0) is 17.7 Å². The molecule has 0 aliphatic carbocycles. The Kier molecular flexibility index (Phi) is 5.56. The van der Waals surface area contributed by atoms with E-state index in [-0.39, 0.29) is 12.2 Å². The van der Waals surface area contributed by atoms with E-state index < -0.39 is 0 Å². The highest BCUT2D eigenvalue weighted by molar-refractivity contribution is 5.51. The standard InChI is InChI=1S/C19H23NO4/c1-21-15-9-6-10-16(22-2)19(15)24-18(14-7-4-3-5-8-14)17-13-20-11-12-23-17/h3-10,17-18,20H,11-13H2,1-2H3. The zero-order valence-electron chi connectivity index (χ0n) is 14.0. The van der Waals surface area contributed by atoms with Crippen molar-refractivity contribution in [3.8, 4) is 17.2 Å². The first-order valence-electron chi connectivity index (χ1n) is 8.08. The molecular formula is C19H23NO4. The maximum atomic E-state index is 6.37. The molecule has 0 radical (unpaired) electrons. The summed E-state index contributed by atoms with van der Waals surface area (Å²) in [6.07, 6.45) is -0.347. The lowest BCUT2D eigenvalue weighted by Gasteiger charge is -2.32. The third-order valence-corrected chi connectivity index (χ3v) is 4.05. The van der Waals surface area contributed by atoms with Crippen molar-refractivity contribution >= 4 is 0 Å². The van der Waals surface area contributed by atoms with Crippen molar-refractivity contribution < 1.29 is 18.9 Å². The molecular weight excluding hydrogens is 306 g/mol. The molecule has 1 fully saturated rings. The second-order valence-electron chi connectivity index (χ2n) is 5.55. The summed E-state index contributed by atoms with van der Waals surface area (Å²) in [5, 5.41) is 3.36. The van der Waals surface area contributed by atoms with E-state index in [1.807, 2.05) is 48.5 Å². The van der Waals surface area contributed by atoms with E-state index in [2.05, 4.69) is 5.32 Å². The molecule has 1 aliphatic heterocycles. The van der Waals surface area contributed by atoms with E-state index in [1.165, 1.54) is 0 Å². The summed E-state index contributed by atoms with van der Waals surface area (Å²) < 4.78 is 23.2. The van der Waals surface area contributed by atoms with Gasteiger partial charge < -0.3 is 24.3 Å². The first kappa shape index (κ1) is 16.6. The van der Waals surface area contributed by atoms with Crippen LogP contribution in [-0.2, 0) is 4.74 Å². The summed E-state index contributed by atoms with van der Waals surface area (Å²) in [6.45, 7) is 2.26. The van der Waals surface area contributed by atoms with Crippen LogP contribution in [0.2, 0.25) is 0 Å². The van der Waals surface area contributed by atoms with Crippen LogP contribution in [-0.4, -0.2) is 40.0 Å². The van der Waals surface area contributed by atoms with Crippen LogP contribution >= 0.6 is 0 Å². The first-order chi connectivity index (χ1) is 11.8. The molecule has 0 spiro atoms. The van der Waals surface area contributed by atoms with Crippen LogP contribution in [0.15, 0.2) is 48.5 Å². The third kappa shape index (κ3) is 3.63. The van der Waals surface area contributed by atoms with Gasteiger partial charge in [0.05, 0.1) is 20.8 Å². The van der Waals surface area contributed by atoms with Gasteiger partial charge in [0.15, 0.2) is 17.6 Å². The van der Waals surface area contributed by atoms with Crippen LogP contribution < -0.4 is 19.5 Å². The highest BCUT2D eigenvalue weighted by atomic mass is 16.6. The van der Waals surface area contributed by atoms with Gasteiger partial charge in [-0.2, -0.15) is 0 Å². The molecule has 1 aliphatic rings. The minimum atomic E-state index is -0.260. The quantitative estimate of drug-likeness (QED) is 0.883. The maximum Gasteiger partial charge on any atom is 0.204 e. The molecule has 3 rings (SSSR count). The number of ether oxygens (including phenoxy) is 4. The summed E-state index contributed by atoms with van der Waals surface area (Å²) in [7, 11) is 3.25. The molecule has 2 unspecified atom stereocenters. The van der Waals surface area contributed by atoms with Gasteiger partial charge in [-0.1, -0.05) is 36.4 Å². The van der Waals surface area contributed by atoms with Gasteiger partial charge in [0.25, 0.3) is 0 Å². The fraction of sp³-hybridized carbons (Fsp3) is 0.368. The zero-order valence-corrected chi connectivity index (χ0v) is 14.0. The van der Waals surface area contributed by atoms with Crippen molar-refractivity contribution in [1.29, 1.82) is 0 Å². The van der Waals surface area contributed by atoms with Gasteiger partial charge >= 0.3 is 0 Å². The Morgan fingerprint density at radius 2 is 1.71 bits per heavy atom. The summed E-state index contributed by atoms with van der Waals surface area (Å²) in [4.78, 5) is 0. The molecule has 1 N–H and O–H groups in total. The Bertz CT molecular complexity index is 619. The van der Waals surface area contributed by atoms with Gasteiger partial charge in [0.1, 0.15) is 6.10 Å². The van der Waals surface area contributed by atoms with Crippen molar-refractivity contribution in [1.82, 2.24) is 5.32 Å².